The van der Waals surface area contributed by atoms with E-state index in [0.29, 0.717) is 5.82 Å². The Morgan fingerprint density at radius 1 is 0.309 bits per heavy atom. The highest BCUT2D eigenvalue weighted by Crippen LogP contribution is 2.42. The van der Waals surface area contributed by atoms with Gasteiger partial charge in [-0.2, -0.15) is 0 Å². The molecule has 3 heteroatoms. The Bertz CT molecular complexity index is 3250. The van der Waals surface area contributed by atoms with Gasteiger partial charge < -0.3 is 0 Å². The maximum absolute atomic E-state index is 5.44. The van der Waals surface area contributed by atoms with Crippen molar-refractivity contribution in [3.8, 4) is 56.2 Å². The molecule has 9 aromatic carbocycles. The summed E-state index contributed by atoms with van der Waals surface area (Å²) >= 11 is 1.85. The fourth-order valence-electron chi connectivity index (χ4n) is 8.23. The largest absolute Gasteiger partial charge is 0.228 e. The summed E-state index contributed by atoms with van der Waals surface area (Å²) in [6, 6.07) is 69.8. The van der Waals surface area contributed by atoms with E-state index in [0.717, 1.165) is 39.2 Å². The molecule has 0 N–H and O–H groups in total. The van der Waals surface area contributed by atoms with E-state index in [1.54, 1.807) is 0 Å². The number of hydrogen-bond donors (Lipinski definition) is 0. The summed E-state index contributed by atoms with van der Waals surface area (Å²) in [5.74, 6) is 0.697. The highest BCUT2D eigenvalue weighted by atomic mass is 32.1. The third kappa shape index (κ3) is 5.40. The van der Waals surface area contributed by atoms with Crippen molar-refractivity contribution in [3.05, 3.63) is 194 Å². The van der Waals surface area contributed by atoms with Gasteiger partial charge >= 0.3 is 0 Å². The van der Waals surface area contributed by atoms with E-state index in [9.17, 15) is 0 Å². The Morgan fingerprint density at radius 2 is 0.927 bits per heavy atom. The van der Waals surface area contributed by atoms with Crippen LogP contribution in [0.2, 0.25) is 0 Å². The molecule has 0 radical (unpaired) electrons. The second-order valence-electron chi connectivity index (χ2n) is 14.1. The number of hydrogen-bond acceptors (Lipinski definition) is 3. The van der Waals surface area contributed by atoms with E-state index in [-0.39, 0.29) is 0 Å². The van der Waals surface area contributed by atoms with Gasteiger partial charge in [0.2, 0.25) is 0 Å². The molecule has 256 valence electrons. The van der Waals surface area contributed by atoms with Crippen molar-refractivity contribution in [2.75, 3.05) is 0 Å². The summed E-state index contributed by atoms with van der Waals surface area (Å²) in [4.78, 5) is 10.8. The molecule has 55 heavy (non-hydrogen) atoms. The lowest BCUT2D eigenvalue weighted by atomic mass is 9.90. The molecule has 0 aliphatic rings. The van der Waals surface area contributed by atoms with E-state index in [1.807, 2.05) is 11.3 Å². The molecule has 0 atom stereocenters. The van der Waals surface area contributed by atoms with Crippen molar-refractivity contribution in [2.45, 2.75) is 0 Å². The van der Waals surface area contributed by atoms with Crippen LogP contribution in [0.25, 0.3) is 109 Å². The normalized spacial score (nSPS) is 11.6. The zero-order valence-corrected chi connectivity index (χ0v) is 30.6. The molecule has 0 amide bonds. The van der Waals surface area contributed by atoms with Gasteiger partial charge in [-0.15, -0.1) is 11.3 Å². The fourth-order valence-corrected chi connectivity index (χ4v) is 9.32. The van der Waals surface area contributed by atoms with E-state index < -0.39 is 0 Å². The molecule has 0 bridgehead atoms. The zero-order valence-electron chi connectivity index (χ0n) is 29.8. The van der Waals surface area contributed by atoms with Crippen LogP contribution in [-0.4, -0.2) is 9.97 Å². The molecule has 2 aromatic heterocycles. The maximum atomic E-state index is 5.44. The van der Waals surface area contributed by atoms with Gasteiger partial charge in [-0.1, -0.05) is 164 Å². The summed E-state index contributed by atoms with van der Waals surface area (Å²) in [5, 5.41) is 9.79. The van der Waals surface area contributed by atoms with Crippen molar-refractivity contribution >= 4 is 63.8 Å². The molecular weight excluding hydrogens is 685 g/mol. The molecule has 0 saturated heterocycles. The first-order valence-corrected chi connectivity index (χ1v) is 19.5. The van der Waals surface area contributed by atoms with Crippen molar-refractivity contribution in [1.82, 2.24) is 9.97 Å². The molecule has 11 aromatic rings. The van der Waals surface area contributed by atoms with Crippen LogP contribution >= 0.6 is 11.3 Å². The van der Waals surface area contributed by atoms with Crippen molar-refractivity contribution in [3.63, 3.8) is 0 Å². The second-order valence-corrected chi connectivity index (χ2v) is 15.2. The molecule has 0 saturated carbocycles. The smallest absolute Gasteiger partial charge is 0.160 e. The summed E-state index contributed by atoms with van der Waals surface area (Å²) in [5.41, 5.74) is 9.61. The van der Waals surface area contributed by atoms with Crippen molar-refractivity contribution in [1.29, 1.82) is 0 Å². The first-order chi connectivity index (χ1) is 27.2. The highest BCUT2D eigenvalue weighted by Gasteiger charge is 2.19. The molecule has 0 aliphatic heterocycles. The Hall–Kier alpha value is -6.94. The molecule has 11 rings (SSSR count). The quantitative estimate of drug-likeness (QED) is 0.131. The van der Waals surface area contributed by atoms with Gasteiger partial charge in [0.1, 0.15) is 0 Å². The van der Waals surface area contributed by atoms with Gasteiger partial charge in [0, 0.05) is 36.9 Å². The number of nitrogens with zero attached hydrogens (tertiary/aromatic N) is 2. The minimum Gasteiger partial charge on any atom is -0.228 e. The summed E-state index contributed by atoms with van der Waals surface area (Å²) in [6.07, 6.45) is 0. The molecule has 0 aliphatic carbocycles. The maximum Gasteiger partial charge on any atom is 0.160 e. The Balaban J connectivity index is 1.17. The van der Waals surface area contributed by atoms with Crippen molar-refractivity contribution in [2.24, 2.45) is 0 Å². The Labute approximate surface area is 322 Å². The molecular formula is C52H32N2S. The highest BCUT2D eigenvalue weighted by molar-refractivity contribution is 7.25. The SMILES string of the molecule is c1ccc(-c2ccc(-c3nc(-c4ccccc4-c4ccc5sc6ccccc6c5c4)cc(-c4c5ccccc5cc5c4ccc4ccccc45)n3)cc2)cc1. The van der Waals surface area contributed by atoms with Crippen LogP contribution in [0.5, 0.6) is 0 Å². The first-order valence-electron chi connectivity index (χ1n) is 18.6. The Kier molecular flexibility index (Phi) is 7.39. The standard InChI is InChI=1S/C52H32N2S/c1-2-12-33(13-3-1)34-22-24-36(25-23-34)52-53-47(42-19-9-8-17-40(42)38-27-29-50-46(31-38)43-20-10-11-21-49(43)55-50)32-48(54-52)51-41-18-7-5-15-37(41)30-45-39-16-6-4-14-35(39)26-28-44(45)51/h1-32H. The third-order valence-electron chi connectivity index (χ3n) is 10.9. The van der Waals surface area contributed by atoms with Gasteiger partial charge in [0.25, 0.3) is 0 Å². The number of benzene rings is 9. The number of aromatic nitrogens is 2. The predicted molar refractivity (Wildman–Crippen MR) is 235 cm³/mol. The average molecular weight is 717 g/mol. The zero-order chi connectivity index (χ0) is 36.3. The summed E-state index contributed by atoms with van der Waals surface area (Å²) in [6.45, 7) is 0. The minimum absolute atomic E-state index is 0.697. The summed E-state index contributed by atoms with van der Waals surface area (Å²) < 4.78 is 2.60. The van der Waals surface area contributed by atoms with E-state index in [4.69, 9.17) is 9.97 Å². The van der Waals surface area contributed by atoms with Gasteiger partial charge in [-0.3, -0.25) is 0 Å². The number of fused-ring (bicyclic) bond motifs is 7. The lowest BCUT2D eigenvalue weighted by molar-refractivity contribution is 1.19. The fraction of sp³-hybridized carbons (Fsp3) is 0. The van der Waals surface area contributed by atoms with E-state index in [1.165, 1.54) is 63.6 Å². The van der Waals surface area contributed by atoms with Gasteiger partial charge in [-0.05, 0) is 84.9 Å². The van der Waals surface area contributed by atoms with Crippen LogP contribution in [-0.2, 0) is 0 Å². The van der Waals surface area contributed by atoms with Crippen LogP contribution in [0.15, 0.2) is 194 Å². The lowest BCUT2D eigenvalue weighted by Crippen LogP contribution is -1.98. The first kappa shape index (κ1) is 31.6. The van der Waals surface area contributed by atoms with Gasteiger partial charge in [0.05, 0.1) is 11.4 Å². The van der Waals surface area contributed by atoms with E-state index >= 15 is 0 Å². The molecule has 2 nitrogen and oxygen atoms in total. The average Bonchev–Trinajstić information content (AvgIpc) is 3.64. The van der Waals surface area contributed by atoms with Crippen molar-refractivity contribution < 1.29 is 0 Å². The van der Waals surface area contributed by atoms with Gasteiger partial charge in [-0.25, -0.2) is 9.97 Å². The number of rotatable bonds is 5. The predicted octanol–water partition coefficient (Wildman–Crippen LogP) is 14.6. The monoisotopic (exact) mass is 716 g/mol. The minimum atomic E-state index is 0.697. The van der Waals surface area contributed by atoms with Crippen LogP contribution in [0.4, 0.5) is 0 Å². The van der Waals surface area contributed by atoms with Crippen LogP contribution in [0, 0.1) is 0 Å². The molecule has 0 unspecified atom stereocenters. The van der Waals surface area contributed by atoms with E-state index in [2.05, 4.69) is 194 Å². The van der Waals surface area contributed by atoms with Gasteiger partial charge in [0.15, 0.2) is 5.82 Å². The molecule has 0 spiro atoms. The molecule has 2 heterocycles. The summed E-state index contributed by atoms with van der Waals surface area (Å²) in [7, 11) is 0. The topological polar surface area (TPSA) is 25.8 Å². The lowest BCUT2D eigenvalue weighted by Gasteiger charge is -2.16. The molecule has 0 fully saturated rings. The van der Waals surface area contributed by atoms with Crippen LogP contribution < -0.4 is 0 Å². The third-order valence-corrected chi connectivity index (χ3v) is 12.0. The van der Waals surface area contributed by atoms with Crippen LogP contribution in [0.1, 0.15) is 0 Å². The van der Waals surface area contributed by atoms with Crippen LogP contribution in [0.3, 0.4) is 0 Å². The number of thiophene rings is 1. The Morgan fingerprint density at radius 3 is 1.78 bits per heavy atom. The second kappa shape index (κ2) is 12.9.